The average molecular weight is 255 g/mol. The van der Waals surface area contributed by atoms with E-state index < -0.39 is 11.9 Å². The van der Waals surface area contributed by atoms with Gasteiger partial charge in [-0.3, -0.25) is 9.59 Å². The highest BCUT2D eigenvalue weighted by Gasteiger charge is 2.22. The van der Waals surface area contributed by atoms with Gasteiger partial charge in [-0.1, -0.05) is 0 Å². The standard InChI is InChI=1S/C12H17NO3S/c1-6-5-10(17-9(6)4)11(14)13-8(3)7(2)12(15)16/h5,7-8H,1-4H3,(H,13,14)(H,15,16). The smallest absolute Gasteiger partial charge is 0.308 e. The van der Waals surface area contributed by atoms with E-state index in [1.54, 1.807) is 13.8 Å². The van der Waals surface area contributed by atoms with Gasteiger partial charge in [-0.25, -0.2) is 0 Å². The molecule has 1 amide bonds. The third kappa shape index (κ3) is 3.30. The molecule has 1 aromatic heterocycles. The molecule has 0 radical (unpaired) electrons. The third-order valence-corrected chi connectivity index (χ3v) is 4.04. The van der Waals surface area contributed by atoms with E-state index >= 15 is 0 Å². The summed E-state index contributed by atoms with van der Waals surface area (Å²) >= 11 is 1.43. The Balaban J connectivity index is 2.69. The largest absolute Gasteiger partial charge is 0.481 e. The van der Waals surface area contributed by atoms with Crippen LogP contribution in [0, 0.1) is 19.8 Å². The Bertz CT molecular complexity index is 419. The topological polar surface area (TPSA) is 66.4 Å². The summed E-state index contributed by atoms with van der Waals surface area (Å²) in [4.78, 5) is 24.4. The molecule has 1 rings (SSSR count). The van der Waals surface area contributed by atoms with E-state index in [1.807, 2.05) is 19.9 Å². The number of carboxylic acids is 1. The summed E-state index contributed by atoms with van der Waals surface area (Å²) in [5.41, 5.74) is 1.08. The molecule has 0 bridgehead atoms. The number of hydrogen-bond donors (Lipinski definition) is 2. The van der Waals surface area contributed by atoms with Crippen molar-refractivity contribution in [1.82, 2.24) is 5.32 Å². The maximum Gasteiger partial charge on any atom is 0.308 e. The molecule has 0 aliphatic heterocycles. The maximum absolute atomic E-state index is 11.9. The van der Waals surface area contributed by atoms with Gasteiger partial charge < -0.3 is 10.4 Å². The summed E-state index contributed by atoms with van der Waals surface area (Å²) in [5, 5.41) is 11.5. The van der Waals surface area contributed by atoms with E-state index in [0.717, 1.165) is 10.4 Å². The minimum Gasteiger partial charge on any atom is -0.481 e. The molecule has 0 spiro atoms. The van der Waals surface area contributed by atoms with Crippen LogP contribution in [0.2, 0.25) is 0 Å². The number of nitrogens with one attached hydrogen (secondary N) is 1. The molecular formula is C12H17NO3S. The van der Waals surface area contributed by atoms with Gasteiger partial charge in [-0.05, 0) is 39.3 Å². The number of aryl methyl sites for hydroxylation is 2. The van der Waals surface area contributed by atoms with Crippen molar-refractivity contribution in [2.24, 2.45) is 5.92 Å². The van der Waals surface area contributed by atoms with E-state index in [0.29, 0.717) is 4.88 Å². The summed E-state index contributed by atoms with van der Waals surface area (Å²) < 4.78 is 0. The van der Waals surface area contributed by atoms with Crippen LogP contribution in [0.25, 0.3) is 0 Å². The van der Waals surface area contributed by atoms with Gasteiger partial charge >= 0.3 is 5.97 Å². The number of rotatable bonds is 4. The van der Waals surface area contributed by atoms with Crippen LogP contribution in [0.1, 0.15) is 34.0 Å². The van der Waals surface area contributed by atoms with Gasteiger partial charge in [0.05, 0.1) is 10.8 Å². The van der Waals surface area contributed by atoms with Gasteiger partial charge in [0.1, 0.15) is 0 Å². The van der Waals surface area contributed by atoms with Gasteiger partial charge in [0.25, 0.3) is 5.91 Å². The van der Waals surface area contributed by atoms with Crippen molar-refractivity contribution in [2.45, 2.75) is 33.7 Å². The molecule has 2 N–H and O–H groups in total. The second-order valence-electron chi connectivity index (χ2n) is 4.24. The van der Waals surface area contributed by atoms with Crippen LogP contribution in [-0.2, 0) is 4.79 Å². The number of thiophene rings is 1. The Kier molecular flexibility index (Phi) is 4.28. The van der Waals surface area contributed by atoms with Crippen LogP contribution in [0.3, 0.4) is 0 Å². The highest BCUT2D eigenvalue weighted by molar-refractivity contribution is 7.14. The van der Waals surface area contributed by atoms with E-state index in [4.69, 9.17) is 5.11 Å². The number of carbonyl (C=O) groups excluding carboxylic acids is 1. The summed E-state index contributed by atoms with van der Waals surface area (Å²) in [5.74, 6) is -1.70. The van der Waals surface area contributed by atoms with Crippen LogP contribution < -0.4 is 5.32 Å². The van der Waals surface area contributed by atoms with Crippen molar-refractivity contribution in [3.8, 4) is 0 Å². The third-order valence-electron chi connectivity index (χ3n) is 2.89. The summed E-state index contributed by atoms with van der Waals surface area (Å²) in [7, 11) is 0. The van der Waals surface area contributed by atoms with E-state index in [2.05, 4.69) is 5.32 Å². The molecule has 0 aliphatic rings. The number of aliphatic carboxylic acids is 1. The van der Waals surface area contributed by atoms with Gasteiger partial charge in [0.2, 0.25) is 0 Å². The normalized spacial score (nSPS) is 14.1. The number of carbonyl (C=O) groups is 2. The lowest BCUT2D eigenvalue weighted by Crippen LogP contribution is -2.39. The Hall–Kier alpha value is -1.36. The van der Waals surface area contributed by atoms with Crippen molar-refractivity contribution < 1.29 is 14.7 Å². The van der Waals surface area contributed by atoms with E-state index in [9.17, 15) is 9.59 Å². The zero-order chi connectivity index (χ0) is 13.2. The van der Waals surface area contributed by atoms with Crippen LogP contribution in [0.4, 0.5) is 0 Å². The summed E-state index contributed by atoms with van der Waals surface area (Å²) in [6, 6.07) is 1.44. The average Bonchev–Trinajstić information content (AvgIpc) is 2.58. The van der Waals surface area contributed by atoms with E-state index in [-0.39, 0.29) is 11.9 Å². The molecule has 0 aromatic carbocycles. The summed E-state index contributed by atoms with van der Waals surface area (Å²) in [6.07, 6.45) is 0. The highest BCUT2D eigenvalue weighted by Crippen LogP contribution is 2.20. The first-order valence-electron chi connectivity index (χ1n) is 5.43. The number of carboxylic acid groups (broad SMARTS) is 1. The number of hydrogen-bond acceptors (Lipinski definition) is 3. The molecule has 2 atom stereocenters. The molecule has 0 aliphatic carbocycles. The molecule has 0 saturated heterocycles. The molecule has 1 heterocycles. The fourth-order valence-electron chi connectivity index (χ4n) is 1.30. The fraction of sp³-hybridized carbons (Fsp3) is 0.500. The fourth-order valence-corrected chi connectivity index (χ4v) is 2.24. The first kappa shape index (κ1) is 13.7. The van der Waals surface area contributed by atoms with Gasteiger partial charge in [-0.2, -0.15) is 0 Å². The predicted molar refractivity (Wildman–Crippen MR) is 67.5 cm³/mol. The molecule has 17 heavy (non-hydrogen) atoms. The Morgan fingerprint density at radius 2 is 1.94 bits per heavy atom. The van der Waals surface area contributed by atoms with Gasteiger partial charge in [0.15, 0.2) is 0 Å². The molecular weight excluding hydrogens is 238 g/mol. The van der Waals surface area contributed by atoms with Crippen molar-refractivity contribution in [3.05, 3.63) is 21.4 Å². The monoisotopic (exact) mass is 255 g/mol. The van der Waals surface area contributed by atoms with Crippen molar-refractivity contribution in [3.63, 3.8) is 0 Å². The molecule has 0 fully saturated rings. The van der Waals surface area contributed by atoms with Crippen molar-refractivity contribution in [2.75, 3.05) is 0 Å². The molecule has 4 nitrogen and oxygen atoms in total. The zero-order valence-electron chi connectivity index (χ0n) is 10.4. The van der Waals surface area contributed by atoms with Gasteiger partial charge in [-0.15, -0.1) is 11.3 Å². The molecule has 5 heteroatoms. The lowest BCUT2D eigenvalue weighted by atomic mass is 10.0. The Morgan fingerprint density at radius 1 is 1.35 bits per heavy atom. The van der Waals surface area contributed by atoms with Crippen molar-refractivity contribution in [1.29, 1.82) is 0 Å². The highest BCUT2D eigenvalue weighted by atomic mass is 32.1. The quantitative estimate of drug-likeness (QED) is 0.866. The second kappa shape index (κ2) is 5.31. The SMILES string of the molecule is Cc1cc(C(=O)NC(C)C(C)C(=O)O)sc1C. The maximum atomic E-state index is 11.9. The molecule has 1 aromatic rings. The number of amides is 1. The predicted octanol–water partition coefficient (Wildman–Crippen LogP) is 2.20. The minimum absolute atomic E-state index is 0.202. The minimum atomic E-state index is -0.906. The van der Waals surface area contributed by atoms with Gasteiger partial charge in [0, 0.05) is 10.9 Å². The van der Waals surface area contributed by atoms with Crippen LogP contribution >= 0.6 is 11.3 Å². The summed E-state index contributed by atoms with van der Waals surface area (Å²) in [6.45, 7) is 7.19. The zero-order valence-corrected chi connectivity index (χ0v) is 11.2. The lowest BCUT2D eigenvalue weighted by Gasteiger charge is -2.17. The Morgan fingerprint density at radius 3 is 2.35 bits per heavy atom. The Labute approximate surface area is 105 Å². The van der Waals surface area contributed by atoms with Crippen LogP contribution in [0.5, 0.6) is 0 Å². The first-order chi connectivity index (χ1) is 7.82. The molecule has 2 unspecified atom stereocenters. The van der Waals surface area contributed by atoms with Crippen LogP contribution in [-0.4, -0.2) is 23.0 Å². The first-order valence-corrected chi connectivity index (χ1v) is 6.25. The molecule has 94 valence electrons. The lowest BCUT2D eigenvalue weighted by molar-refractivity contribution is -0.141. The van der Waals surface area contributed by atoms with Crippen LogP contribution in [0.15, 0.2) is 6.07 Å². The molecule has 0 saturated carbocycles. The van der Waals surface area contributed by atoms with Crippen molar-refractivity contribution >= 4 is 23.2 Å². The van der Waals surface area contributed by atoms with E-state index in [1.165, 1.54) is 11.3 Å². The second-order valence-corrected chi connectivity index (χ2v) is 5.50.